The molecule has 0 aliphatic carbocycles. The van der Waals surface area contributed by atoms with Gasteiger partial charge in [-0.3, -0.25) is 4.90 Å². The van der Waals surface area contributed by atoms with Gasteiger partial charge in [0.25, 0.3) is 0 Å². The number of amides is 2. The Hall–Kier alpha value is -2.32. The van der Waals surface area contributed by atoms with Gasteiger partial charge in [-0.25, -0.2) is 9.59 Å². The SMILES string of the molecule is O=C(O)COc1cccc(NC(=O)N2CCN(C3CCNCC3)CC2)c1. The van der Waals surface area contributed by atoms with Crippen molar-refractivity contribution < 1.29 is 19.4 Å². The number of hydrogen-bond acceptors (Lipinski definition) is 5. The molecule has 1 aromatic carbocycles. The first kappa shape index (κ1) is 18.5. The monoisotopic (exact) mass is 362 g/mol. The number of anilines is 1. The van der Waals surface area contributed by atoms with E-state index in [2.05, 4.69) is 15.5 Å². The van der Waals surface area contributed by atoms with Gasteiger partial charge in [-0.05, 0) is 38.1 Å². The Labute approximate surface area is 153 Å². The first-order valence-electron chi connectivity index (χ1n) is 9.07. The summed E-state index contributed by atoms with van der Waals surface area (Å²) in [5.74, 6) is -0.619. The van der Waals surface area contributed by atoms with E-state index < -0.39 is 12.6 Å². The van der Waals surface area contributed by atoms with E-state index in [1.54, 1.807) is 24.3 Å². The summed E-state index contributed by atoms with van der Waals surface area (Å²) in [6.45, 7) is 4.98. The number of nitrogens with zero attached hydrogens (tertiary/aromatic N) is 2. The molecular weight excluding hydrogens is 336 g/mol. The molecule has 0 saturated carbocycles. The van der Waals surface area contributed by atoms with Gasteiger partial charge in [0.05, 0.1) is 0 Å². The van der Waals surface area contributed by atoms with Crippen LogP contribution in [0.5, 0.6) is 5.75 Å². The van der Waals surface area contributed by atoms with Crippen molar-refractivity contribution in [2.24, 2.45) is 0 Å². The number of piperidine rings is 1. The quantitative estimate of drug-likeness (QED) is 0.725. The Kier molecular flexibility index (Phi) is 6.30. The molecule has 2 aliphatic rings. The minimum absolute atomic E-state index is 0.134. The van der Waals surface area contributed by atoms with E-state index >= 15 is 0 Å². The second-order valence-corrected chi connectivity index (χ2v) is 6.64. The van der Waals surface area contributed by atoms with E-state index in [0.717, 1.165) is 26.2 Å². The minimum Gasteiger partial charge on any atom is -0.482 e. The van der Waals surface area contributed by atoms with E-state index in [1.165, 1.54) is 12.8 Å². The number of benzene rings is 1. The van der Waals surface area contributed by atoms with E-state index in [4.69, 9.17) is 9.84 Å². The fourth-order valence-electron chi connectivity index (χ4n) is 3.47. The zero-order valence-electron chi connectivity index (χ0n) is 14.8. The van der Waals surface area contributed by atoms with Crippen LogP contribution in [0.25, 0.3) is 0 Å². The molecule has 8 heteroatoms. The summed E-state index contributed by atoms with van der Waals surface area (Å²) in [6.07, 6.45) is 2.35. The molecule has 3 N–H and O–H groups in total. The maximum atomic E-state index is 12.5. The lowest BCUT2D eigenvalue weighted by molar-refractivity contribution is -0.139. The van der Waals surface area contributed by atoms with E-state index in [-0.39, 0.29) is 6.03 Å². The van der Waals surface area contributed by atoms with Crippen LogP contribution in [0.1, 0.15) is 12.8 Å². The fourth-order valence-corrected chi connectivity index (χ4v) is 3.47. The van der Waals surface area contributed by atoms with Crippen LogP contribution in [0, 0.1) is 0 Å². The standard InChI is InChI=1S/C18H26N4O4/c23-17(24)13-26-16-3-1-2-14(12-16)20-18(25)22-10-8-21(9-11-22)15-4-6-19-7-5-15/h1-3,12,15,19H,4-11,13H2,(H,20,25)(H,23,24). The number of carboxylic acids is 1. The highest BCUT2D eigenvalue weighted by molar-refractivity contribution is 5.89. The molecule has 2 fully saturated rings. The predicted octanol–water partition coefficient (Wildman–Crippen LogP) is 1.05. The van der Waals surface area contributed by atoms with Gasteiger partial charge in [0.2, 0.25) is 0 Å². The second-order valence-electron chi connectivity index (χ2n) is 6.64. The predicted molar refractivity (Wildman–Crippen MR) is 97.6 cm³/mol. The lowest BCUT2D eigenvalue weighted by Crippen LogP contribution is -2.54. The normalized spacial score (nSPS) is 19.2. The Morgan fingerprint density at radius 1 is 1.19 bits per heavy atom. The lowest BCUT2D eigenvalue weighted by Gasteiger charge is -2.40. The maximum Gasteiger partial charge on any atom is 0.341 e. The molecule has 26 heavy (non-hydrogen) atoms. The van der Waals surface area contributed by atoms with Gasteiger partial charge < -0.3 is 25.4 Å². The van der Waals surface area contributed by atoms with Crippen molar-refractivity contribution in [2.75, 3.05) is 51.2 Å². The number of piperazine rings is 1. The molecule has 3 rings (SSSR count). The van der Waals surface area contributed by atoms with Crippen LogP contribution in [0.3, 0.4) is 0 Å². The summed E-state index contributed by atoms with van der Waals surface area (Å²) in [5.41, 5.74) is 0.596. The summed E-state index contributed by atoms with van der Waals surface area (Å²) in [4.78, 5) is 27.4. The third-order valence-corrected chi connectivity index (χ3v) is 4.87. The number of nitrogens with one attached hydrogen (secondary N) is 2. The van der Waals surface area contributed by atoms with E-state index in [9.17, 15) is 9.59 Å². The minimum atomic E-state index is -1.04. The van der Waals surface area contributed by atoms with Gasteiger partial charge in [0.15, 0.2) is 6.61 Å². The summed E-state index contributed by atoms with van der Waals surface area (Å²) in [7, 11) is 0. The van der Waals surface area contributed by atoms with Crippen molar-refractivity contribution >= 4 is 17.7 Å². The molecule has 0 unspecified atom stereocenters. The van der Waals surface area contributed by atoms with Gasteiger partial charge in [-0.15, -0.1) is 0 Å². The molecule has 0 spiro atoms. The highest BCUT2D eigenvalue weighted by Crippen LogP contribution is 2.19. The largest absolute Gasteiger partial charge is 0.482 e. The van der Waals surface area contributed by atoms with Gasteiger partial charge in [-0.2, -0.15) is 0 Å². The lowest BCUT2D eigenvalue weighted by atomic mass is 10.0. The zero-order valence-corrected chi connectivity index (χ0v) is 14.8. The highest BCUT2D eigenvalue weighted by Gasteiger charge is 2.26. The van der Waals surface area contributed by atoms with Crippen molar-refractivity contribution in [3.63, 3.8) is 0 Å². The Bertz CT molecular complexity index is 625. The summed E-state index contributed by atoms with van der Waals surface area (Å²) >= 11 is 0. The first-order chi connectivity index (χ1) is 12.6. The molecule has 1 aromatic rings. The number of ether oxygens (including phenoxy) is 1. The average molecular weight is 362 g/mol. The van der Waals surface area contributed by atoms with Gasteiger partial charge >= 0.3 is 12.0 Å². The topological polar surface area (TPSA) is 94.1 Å². The van der Waals surface area contributed by atoms with Crippen molar-refractivity contribution in [2.45, 2.75) is 18.9 Å². The molecule has 0 radical (unpaired) electrons. The Morgan fingerprint density at radius 3 is 2.62 bits per heavy atom. The Morgan fingerprint density at radius 2 is 1.92 bits per heavy atom. The van der Waals surface area contributed by atoms with Crippen molar-refractivity contribution in [3.8, 4) is 5.75 Å². The van der Waals surface area contributed by atoms with Gasteiger partial charge in [-0.1, -0.05) is 6.07 Å². The Balaban J connectivity index is 1.48. The molecule has 142 valence electrons. The number of rotatable bonds is 5. The fraction of sp³-hybridized carbons (Fsp3) is 0.556. The third-order valence-electron chi connectivity index (χ3n) is 4.87. The number of aliphatic carboxylic acids is 1. The van der Waals surface area contributed by atoms with Crippen LogP contribution in [0.15, 0.2) is 24.3 Å². The number of carboxylic acid groups (broad SMARTS) is 1. The molecule has 8 nitrogen and oxygen atoms in total. The molecule has 2 heterocycles. The molecule has 0 bridgehead atoms. The number of hydrogen-bond donors (Lipinski definition) is 3. The van der Waals surface area contributed by atoms with Crippen molar-refractivity contribution in [1.29, 1.82) is 0 Å². The molecule has 2 saturated heterocycles. The second kappa shape index (κ2) is 8.86. The van der Waals surface area contributed by atoms with Gasteiger partial charge in [0.1, 0.15) is 5.75 Å². The van der Waals surface area contributed by atoms with Crippen molar-refractivity contribution in [3.05, 3.63) is 24.3 Å². The number of carbonyl (C=O) groups excluding carboxylic acids is 1. The smallest absolute Gasteiger partial charge is 0.341 e. The van der Waals surface area contributed by atoms with Gasteiger partial charge in [0, 0.05) is 44.0 Å². The van der Waals surface area contributed by atoms with Crippen LogP contribution < -0.4 is 15.4 Å². The van der Waals surface area contributed by atoms with E-state index in [0.29, 0.717) is 30.6 Å². The molecular formula is C18H26N4O4. The molecule has 0 atom stereocenters. The summed E-state index contributed by atoms with van der Waals surface area (Å²) in [5, 5.41) is 14.9. The maximum absolute atomic E-state index is 12.5. The zero-order chi connectivity index (χ0) is 18.4. The average Bonchev–Trinajstić information content (AvgIpc) is 2.67. The molecule has 2 aliphatic heterocycles. The van der Waals surface area contributed by atoms with Crippen LogP contribution >= 0.6 is 0 Å². The van der Waals surface area contributed by atoms with Crippen LogP contribution in [0.4, 0.5) is 10.5 Å². The summed E-state index contributed by atoms with van der Waals surface area (Å²) in [6, 6.07) is 7.27. The molecule has 0 aromatic heterocycles. The third kappa shape index (κ3) is 5.09. The van der Waals surface area contributed by atoms with E-state index in [1.807, 2.05) is 4.90 Å². The number of carbonyl (C=O) groups is 2. The molecule has 2 amide bonds. The van der Waals surface area contributed by atoms with Crippen molar-refractivity contribution in [1.82, 2.24) is 15.1 Å². The first-order valence-corrected chi connectivity index (χ1v) is 9.07. The van der Waals surface area contributed by atoms with Crippen LogP contribution in [-0.2, 0) is 4.79 Å². The number of urea groups is 1. The summed E-state index contributed by atoms with van der Waals surface area (Å²) < 4.78 is 5.14. The highest BCUT2D eigenvalue weighted by atomic mass is 16.5. The van der Waals surface area contributed by atoms with Crippen LogP contribution in [-0.4, -0.2) is 78.8 Å². The van der Waals surface area contributed by atoms with Crippen LogP contribution in [0.2, 0.25) is 0 Å².